The highest BCUT2D eigenvalue weighted by Crippen LogP contribution is 2.35. The Labute approximate surface area is 237 Å². The number of allylic oxidation sites excluding steroid dienone is 1. The molecule has 0 unspecified atom stereocenters. The number of anilines is 1. The number of benzene rings is 1. The van der Waals surface area contributed by atoms with Crippen LogP contribution in [0, 0.1) is 18.3 Å². The fraction of sp³-hybridized carbons (Fsp3) is 0.393. The number of phenolic OH excluding ortho intramolecular Hbond substituents is 1. The summed E-state index contributed by atoms with van der Waals surface area (Å²) in [5, 5.41) is 33.9. The number of halogens is 3. The lowest BCUT2D eigenvalue weighted by Gasteiger charge is -2.33. The molecule has 0 atom stereocenters. The molecule has 2 aliphatic rings. The summed E-state index contributed by atoms with van der Waals surface area (Å²) in [6.07, 6.45) is -0.317. The van der Waals surface area contributed by atoms with Gasteiger partial charge in [0, 0.05) is 47.6 Å². The van der Waals surface area contributed by atoms with Crippen molar-refractivity contribution in [2.24, 2.45) is 10.2 Å². The molecule has 2 aliphatic heterocycles. The number of hydrogen-bond donors (Lipinski definition) is 2. The highest BCUT2D eigenvalue weighted by molar-refractivity contribution is 7.18. The number of hydrogen-bond acceptors (Lipinski definition) is 9. The van der Waals surface area contributed by atoms with Crippen LogP contribution in [0.2, 0.25) is 0 Å². The number of nitrogens with zero attached hydrogens (tertiary/aromatic N) is 7. The summed E-state index contributed by atoms with van der Waals surface area (Å²) in [6.45, 7) is 5.04. The van der Waals surface area contributed by atoms with Crippen molar-refractivity contribution in [3.05, 3.63) is 58.0 Å². The molecule has 41 heavy (non-hydrogen) atoms. The molecule has 212 valence electrons. The second-order valence-electron chi connectivity index (χ2n) is 10.4. The van der Waals surface area contributed by atoms with Gasteiger partial charge < -0.3 is 15.0 Å². The molecule has 0 saturated carbocycles. The van der Waals surface area contributed by atoms with Crippen LogP contribution in [0.3, 0.4) is 0 Å². The number of alkyl halides is 3. The standard InChI is InChI=1S/C28H27F3N8OS/c1-16-21-8-19(12-32)39(13-18-2-5-35-37-18)24(21)10-25(40)23(16)14-38-6-3-17(4-7-38)36-26-22-9-20(11-28(29,30)31)41-27(22)34-15-33-26/h2,8-10,15,17,40H,3-7,11,13-14H2,1H3,(H,33,34,36). The average Bonchev–Trinajstić information content (AvgIpc) is 3.66. The zero-order chi connectivity index (χ0) is 28.7. The normalized spacial score (nSPS) is 16.5. The van der Waals surface area contributed by atoms with E-state index in [1.165, 1.54) is 12.4 Å². The maximum absolute atomic E-state index is 12.9. The molecule has 1 aromatic carbocycles. The Balaban J connectivity index is 1.14. The number of phenols is 1. The zero-order valence-corrected chi connectivity index (χ0v) is 23.1. The van der Waals surface area contributed by atoms with Crippen LogP contribution in [-0.4, -0.2) is 56.4 Å². The molecule has 1 fully saturated rings. The number of aryl methyl sites for hydroxylation is 1. The number of azo groups is 1. The molecule has 3 aromatic heterocycles. The van der Waals surface area contributed by atoms with E-state index in [0.29, 0.717) is 41.4 Å². The minimum Gasteiger partial charge on any atom is -0.508 e. The summed E-state index contributed by atoms with van der Waals surface area (Å²) in [6, 6.07) is 7.50. The molecule has 0 bridgehead atoms. The summed E-state index contributed by atoms with van der Waals surface area (Å²) in [4.78, 5) is 11.5. The van der Waals surface area contributed by atoms with Crippen molar-refractivity contribution >= 4 is 38.3 Å². The number of rotatable bonds is 7. The number of aromatic hydroxyl groups is 1. The van der Waals surface area contributed by atoms with Gasteiger partial charge in [0.2, 0.25) is 0 Å². The van der Waals surface area contributed by atoms with E-state index in [9.17, 15) is 23.5 Å². The lowest BCUT2D eigenvalue weighted by Crippen LogP contribution is -2.39. The lowest BCUT2D eigenvalue weighted by molar-refractivity contribution is -0.126. The van der Waals surface area contributed by atoms with Crippen LogP contribution in [0.5, 0.6) is 5.75 Å². The number of fused-ring (bicyclic) bond motifs is 2. The van der Waals surface area contributed by atoms with E-state index < -0.39 is 12.6 Å². The highest BCUT2D eigenvalue weighted by Gasteiger charge is 2.29. The van der Waals surface area contributed by atoms with E-state index in [1.54, 1.807) is 6.07 Å². The molecule has 0 spiro atoms. The molecule has 6 rings (SSSR count). The quantitative estimate of drug-likeness (QED) is 0.275. The Morgan fingerprint density at radius 3 is 2.66 bits per heavy atom. The predicted octanol–water partition coefficient (Wildman–Crippen LogP) is 6.06. The van der Waals surface area contributed by atoms with Crippen molar-refractivity contribution in [1.29, 1.82) is 5.26 Å². The van der Waals surface area contributed by atoms with Crippen LogP contribution in [0.1, 0.15) is 34.5 Å². The van der Waals surface area contributed by atoms with Gasteiger partial charge in [0.25, 0.3) is 0 Å². The van der Waals surface area contributed by atoms with E-state index in [0.717, 1.165) is 65.0 Å². The van der Waals surface area contributed by atoms with E-state index >= 15 is 0 Å². The third-order valence-corrected chi connectivity index (χ3v) is 8.73. The summed E-state index contributed by atoms with van der Waals surface area (Å²) >= 11 is 1.04. The number of piperidine rings is 1. The molecule has 5 heterocycles. The van der Waals surface area contributed by atoms with Crippen molar-refractivity contribution < 1.29 is 18.3 Å². The molecular weight excluding hydrogens is 553 g/mol. The number of aromatic nitrogens is 3. The maximum Gasteiger partial charge on any atom is 0.393 e. The number of nitriles is 1. The molecule has 4 aromatic rings. The minimum atomic E-state index is -4.27. The first-order valence-electron chi connectivity index (χ1n) is 13.3. The fourth-order valence-electron chi connectivity index (χ4n) is 5.59. The summed E-state index contributed by atoms with van der Waals surface area (Å²) in [7, 11) is 0. The molecule has 13 heteroatoms. The molecule has 1 saturated heterocycles. The molecule has 0 radical (unpaired) electrons. The van der Waals surface area contributed by atoms with Gasteiger partial charge in [0.05, 0.1) is 36.1 Å². The Morgan fingerprint density at radius 1 is 1.15 bits per heavy atom. The largest absolute Gasteiger partial charge is 0.508 e. The minimum absolute atomic E-state index is 0.113. The van der Waals surface area contributed by atoms with Crippen molar-refractivity contribution in [3.8, 4) is 11.8 Å². The Hall–Kier alpha value is -4.02. The first-order chi connectivity index (χ1) is 19.7. The Morgan fingerprint density at radius 2 is 1.95 bits per heavy atom. The van der Waals surface area contributed by atoms with Crippen molar-refractivity contribution in [3.63, 3.8) is 0 Å². The van der Waals surface area contributed by atoms with Crippen LogP contribution in [0.15, 0.2) is 46.5 Å². The van der Waals surface area contributed by atoms with Crippen molar-refractivity contribution in [1.82, 2.24) is 19.4 Å². The molecular formula is C28H27F3N8OS. The maximum atomic E-state index is 12.9. The van der Waals surface area contributed by atoms with Crippen LogP contribution in [-0.2, 0) is 19.5 Å². The van der Waals surface area contributed by atoms with E-state index in [2.05, 4.69) is 36.5 Å². The van der Waals surface area contributed by atoms with Gasteiger partial charge in [-0.2, -0.15) is 28.7 Å². The Kier molecular flexibility index (Phi) is 7.13. The van der Waals surface area contributed by atoms with Gasteiger partial charge in [0.1, 0.15) is 34.5 Å². The van der Waals surface area contributed by atoms with Crippen molar-refractivity contribution in [2.45, 2.75) is 51.5 Å². The second kappa shape index (κ2) is 10.8. The Bertz CT molecular complexity index is 1720. The van der Waals surface area contributed by atoms with E-state index in [4.69, 9.17) is 0 Å². The fourth-order valence-corrected chi connectivity index (χ4v) is 6.61. The van der Waals surface area contributed by atoms with Crippen LogP contribution in [0.4, 0.5) is 19.0 Å². The van der Waals surface area contributed by atoms with Gasteiger partial charge in [-0.1, -0.05) is 0 Å². The second-order valence-corrected chi connectivity index (χ2v) is 11.5. The third kappa shape index (κ3) is 5.62. The zero-order valence-electron chi connectivity index (χ0n) is 22.2. The average molecular weight is 581 g/mol. The third-order valence-electron chi connectivity index (χ3n) is 7.69. The summed E-state index contributed by atoms with van der Waals surface area (Å²) < 4.78 is 40.5. The molecule has 2 N–H and O–H groups in total. The van der Waals surface area contributed by atoms with Gasteiger partial charge in [-0.05, 0) is 43.5 Å². The van der Waals surface area contributed by atoms with Gasteiger partial charge in [-0.3, -0.25) is 4.90 Å². The first kappa shape index (κ1) is 27.2. The smallest absolute Gasteiger partial charge is 0.393 e. The monoisotopic (exact) mass is 580 g/mol. The van der Waals surface area contributed by atoms with Gasteiger partial charge in [-0.15, -0.1) is 11.3 Å². The highest BCUT2D eigenvalue weighted by atomic mass is 32.1. The predicted molar refractivity (Wildman–Crippen MR) is 150 cm³/mol. The van der Waals surface area contributed by atoms with Gasteiger partial charge in [-0.25, -0.2) is 9.97 Å². The molecule has 0 amide bonds. The van der Waals surface area contributed by atoms with Gasteiger partial charge in [0.15, 0.2) is 0 Å². The number of likely N-dealkylation sites (tertiary alicyclic amines) is 1. The topological polar surface area (TPSA) is 115 Å². The van der Waals surface area contributed by atoms with E-state index in [1.807, 2.05) is 23.6 Å². The number of thiophene rings is 1. The lowest BCUT2D eigenvalue weighted by atomic mass is 10.00. The van der Waals surface area contributed by atoms with Crippen LogP contribution < -0.4 is 5.32 Å². The summed E-state index contributed by atoms with van der Waals surface area (Å²) in [5.74, 6) is 0.751. The van der Waals surface area contributed by atoms with Crippen LogP contribution >= 0.6 is 11.3 Å². The molecule has 9 nitrogen and oxygen atoms in total. The van der Waals surface area contributed by atoms with Gasteiger partial charge >= 0.3 is 6.18 Å². The SMILES string of the molecule is Cc1c(CN2CCC(Nc3ncnc4sc(CC(F)(F)F)cc34)CC2)c(O)cc2c1cc(C#N)n2CC1=CCN=N1. The van der Waals surface area contributed by atoms with Crippen LogP contribution in [0.25, 0.3) is 21.1 Å². The van der Waals surface area contributed by atoms with Crippen molar-refractivity contribution in [2.75, 3.05) is 25.0 Å². The molecule has 0 aliphatic carbocycles. The summed E-state index contributed by atoms with van der Waals surface area (Å²) in [5.41, 5.74) is 3.85. The first-order valence-corrected chi connectivity index (χ1v) is 14.1. The number of nitrogens with one attached hydrogen (secondary N) is 1. The van der Waals surface area contributed by atoms with E-state index in [-0.39, 0.29) is 16.7 Å².